The molecule has 7 amide bonds. The summed E-state index contributed by atoms with van der Waals surface area (Å²) < 4.78 is 36.9. The van der Waals surface area contributed by atoms with Crippen molar-refractivity contribution in [2.24, 2.45) is 28.2 Å². The van der Waals surface area contributed by atoms with Gasteiger partial charge in [0.05, 0.1) is 41.0 Å². The summed E-state index contributed by atoms with van der Waals surface area (Å²) in [5.74, 6) is -14.2. The molecule has 104 heavy (non-hydrogen) atoms. The van der Waals surface area contributed by atoms with Gasteiger partial charge in [-0.1, -0.05) is 92.2 Å². The van der Waals surface area contributed by atoms with Gasteiger partial charge in [0.15, 0.2) is 17.5 Å². The number of esters is 5. The molecule has 14 atom stereocenters. The van der Waals surface area contributed by atoms with Crippen molar-refractivity contribution in [3.63, 3.8) is 0 Å². The number of nitrogens with zero attached hydrogens (tertiary/aromatic N) is 1. The van der Waals surface area contributed by atoms with Crippen molar-refractivity contribution in [3.05, 3.63) is 158 Å². The number of ether oxygens (including phenoxy) is 6. The van der Waals surface area contributed by atoms with Crippen molar-refractivity contribution in [1.82, 2.24) is 26.6 Å². The maximum Gasteiger partial charge on any atom is 0.350 e. The third-order valence-corrected chi connectivity index (χ3v) is 19.9. The first-order valence-corrected chi connectivity index (χ1v) is 33.8. The van der Waals surface area contributed by atoms with Crippen LogP contribution in [-0.2, 0) is 76.4 Å². The molecule has 3 fully saturated rings. The molecule has 4 aromatic rings. The van der Waals surface area contributed by atoms with Crippen LogP contribution in [0.1, 0.15) is 149 Å². The second kappa shape index (κ2) is 33.3. The number of benzene rings is 4. The van der Waals surface area contributed by atoms with Crippen LogP contribution in [0.4, 0.5) is 5.69 Å². The molecule has 1 saturated heterocycles. The van der Waals surface area contributed by atoms with E-state index in [2.05, 4.69) is 26.6 Å². The molecule has 0 spiro atoms. The average molecular weight is 1460 g/mol. The minimum Gasteiger partial charge on any atom is -0.455 e. The molecule has 2 saturated carbocycles. The summed E-state index contributed by atoms with van der Waals surface area (Å²) in [5.41, 5.74) is 1.73. The molecule has 0 aromatic heterocycles. The van der Waals surface area contributed by atoms with E-state index >= 15 is 9.59 Å². The Balaban J connectivity index is 0.985. The summed E-state index contributed by atoms with van der Waals surface area (Å²) in [6.07, 6.45) is -13.4. The molecule has 4 aromatic carbocycles. The van der Waals surface area contributed by atoms with Gasteiger partial charge in [-0.15, -0.1) is 0 Å². The lowest BCUT2D eigenvalue weighted by Gasteiger charge is -2.67. The summed E-state index contributed by atoms with van der Waals surface area (Å²) in [7, 11) is 0. The van der Waals surface area contributed by atoms with Gasteiger partial charge in [0.1, 0.15) is 53.6 Å². The Bertz CT molecular complexity index is 4030. The zero-order valence-electron chi connectivity index (χ0n) is 58.0. The Morgan fingerprint density at radius 2 is 1.36 bits per heavy atom. The third-order valence-electron chi connectivity index (χ3n) is 19.7. The fourth-order valence-electron chi connectivity index (χ4n) is 14.1. The van der Waals surface area contributed by atoms with Crippen molar-refractivity contribution in [3.8, 4) is 0 Å². The van der Waals surface area contributed by atoms with E-state index in [1.54, 1.807) is 54.6 Å². The fourth-order valence-corrected chi connectivity index (χ4v) is 14.3. The predicted octanol–water partition coefficient (Wildman–Crippen LogP) is 3.45. The highest BCUT2D eigenvalue weighted by Gasteiger charge is 2.78. The number of unbranched alkanes of at least 4 members (excludes halogenated alkanes) is 1. The highest BCUT2D eigenvalue weighted by atomic mass is 35.5. The van der Waals surface area contributed by atoms with Crippen LogP contribution in [0.5, 0.6) is 0 Å². The Labute approximate surface area is 601 Å². The number of nitro benzene ring substituents is 1. The van der Waals surface area contributed by atoms with Gasteiger partial charge in [-0.3, -0.25) is 62.9 Å². The van der Waals surface area contributed by atoms with Gasteiger partial charge in [0, 0.05) is 68.1 Å². The minimum absolute atomic E-state index is 0.0159. The van der Waals surface area contributed by atoms with Gasteiger partial charge in [0.25, 0.3) is 17.5 Å². The number of rotatable bonds is 30. The highest BCUT2D eigenvalue weighted by Crippen LogP contribution is 2.64. The number of nitrogens with one attached hydrogen (secondary N) is 5. The Morgan fingerprint density at radius 3 is 1.94 bits per heavy atom. The molecule has 0 radical (unpaired) electrons. The van der Waals surface area contributed by atoms with Crippen LogP contribution in [0.2, 0.25) is 5.02 Å². The molecule has 31 nitrogen and oxygen atoms in total. The van der Waals surface area contributed by atoms with Gasteiger partial charge < -0.3 is 76.7 Å². The number of Topliss-reactive ketones (excluding diaryl/α,β-unsaturated/α-hetero) is 1. The van der Waals surface area contributed by atoms with E-state index in [0.717, 1.165) is 26.0 Å². The number of fused-ring (bicyclic) bond motifs is 5. The van der Waals surface area contributed by atoms with Crippen molar-refractivity contribution in [2.45, 2.75) is 178 Å². The maximum absolute atomic E-state index is 15.9. The SMILES string of the molecule is CC(=O)O[C@H]1C(=O)[C@@]2(C)[C@H]([C@H](OC(=O)c3ccccc3)[C@]3(O)C[C@H](OC(=O)[C@H](OC(=O)CCC(=O)NCCCCC(NC(=O)CC[C@H](NC(=O)C(C)NC(=O)c4ccc(Cl)cc4[N+](=O)[O-])C(N)=O)C(N)=O)[C@H](NC(=O)c4ccccc4)c4ccccc4)C(C)=C1C3(C)C)[C@]1(OC(C)=O)CO[C@@H]1C[C@@H]2O. The Hall–Kier alpha value is -10.5. The number of aliphatic hydroxyl groups excluding tert-OH is 1. The normalized spacial score (nSPS) is 24.2. The number of carbonyl (C=O) groups is 13. The summed E-state index contributed by atoms with van der Waals surface area (Å²) in [6, 6.07) is 20.8. The van der Waals surface area contributed by atoms with Crippen LogP contribution < -0.4 is 38.1 Å². The minimum atomic E-state index is -2.58. The molecular formula is C72H83ClN8O23. The number of primary amides is 2. The summed E-state index contributed by atoms with van der Waals surface area (Å²) in [4.78, 5) is 189. The first kappa shape index (κ1) is 79.2. The molecule has 556 valence electrons. The first-order valence-electron chi connectivity index (χ1n) is 33.5. The van der Waals surface area contributed by atoms with Gasteiger partial charge in [0.2, 0.25) is 35.6 Å². The van der Waals surface area contributed by atoms with Gasteiger partial charge in [-0.05, 0) is 99.6 Å². The topological polar surface area (TPSA) is 473 Å². The summed E-state index contributed by atoms with van der Waals surface area (Å²) in [6.45, 7) is 8.67. The molecule has 32 heteroatoms. The summed E-state index contributed by atoms with van der Waals surface area (Å²) in [5, 5.41) is 50.4. The number of nitrogens with two attached hydrogens (primary N) is 2. The van der Waals surface area contributed by atoms with Crippen molar-refractivity contribution in [2.75, 3.05) is 13.2 Å². The van der Waals surface area contributed by atoms with Gasteiger partial charge >= 0.3 is 29.8 Å². The first-order chi connectivity index (χ1) is 49.0. The summed E-state index contributed by atoms with van der Waals surface area (Å²) >= 11 is 5.84. The number of halogens is 1. The zero-order valence-corrected chi connectivity index (χ0v) is 58.7. The number of carbonyl (C=O) groups excluding carboxylic acids is 13. The molecule has 2 bridgehead atoms. The third kappa shape index (κ3) is 17.4. The van der Waals surface area contributed by atoms with Crippen LogP contribution in [0.15, 0.2) is 120 Å². The van der Waals surface area contributed by atoms with E-state index < -0.39 is 214 Å². The molecule has 3 aliphatic carbocycles. The lowest BCUT2D eigenvalue weighted by atomic mass is 9.44. The lowest BCUT2D eigenvalue weighted by Crippen LogP contribution is -2.82. The van der Waals surface area contributed by atoms with E-state index in [9.17, 15) is 73.1 Å². The number of nitro groups is 1. The van der Waals surface area contributed by atoms with E-state index in [1.807, 2.05) is 0 Å². The largest absolute Gasteiger partial charge is 0.455 e. The van der Waals surface area contributed by atoms with E-state index in [-0.39, 0.29) is 71.5 Å². The number of hydrogen-bond acceptors (Lipinski definition) is 23. The lowest BCUT2D eigenvalue weighted by molar-refractivity contribution is -0.385. The number of amides is 7. The van der Waals surface area contributed by atoms with Crippen LogP contribution in [0, 0.1) is 26.9 Å². The predicted molar refractivity (Wildman–Crippen MR) is 364 cm³/mol. The van der Waals surface area contributed by atoms with E-state index in [4.69, 9.17) is 51.5 Å². The molecular weight excluding hydrogens is 1380 g/mol. The fraction of sp³-hybridized carbons (Fsp3) is 0.458. The molecule has 1 heterocycles. The second-order valence-electron chi connectivity index (χ2n) is 26.8. The Kier molecular flexibility index (Phi) is 25.4. The van der Waals surface area contributed by atoms with Crippen LogP contribution in [-0.4, -0.2) is 171 Å². The van der Waals surface area contributed by atoms with Crippen molar-refractivity contribution in [1.29, 1.82) is 0 Å². The molecule has 1 aliphatic heterocycles. The van der Waals surface area contributed by atoms with E-state index in [1.165, 1.54) is 77.1 Å². The van der Waals surface area contributed by atoms with Crippen molar-refractivity contribution < 1.29 is 106 Å². The number of ketones is 1. The van der Waals surface area contributed by atoms with E-state index in [0.29, 0.717) is 0 Å². The van der Waals surface area contributed by atoms with Crippen LogP contribution in [0.3, 0.4) is 0 Å². The monoisotopic (exact) mass is 1460 g/mol. The quantitative estimate of drug-likeness (QED) is 0.00901. The van der Waals surface area contributed by atoms with Gasteiger partial charge in [-0.25, -0.2) is 9.59 Å². The van der Waals surface area contributed by atoms with Crippen LogP contribution in [0.25, 0.3) is 0 Å². The second-order valence-corrected chi connectivity index (χ2v) is 27.2. The average Bonchev–Trinajstić information content (AvgIpc) is 0.669. The van der Waals surface area contributed by atoms with Gasteiger partial charge in [-0.2, -0.15) is 0 Å². The number of aliphatic hydroxyl groups is 2. The highest BCUT2D eigenvalue weighted by molar-refractivity contribution is 6.31. The maximum atomic E-state index is 15.9. The standard InChI is InChI=1S/C72H83ClN8O23/c1-37-49(35-72(96)61(103-67(94)43-23-15-10-16-24-43)59-70(7,50(84)34-51-71(59,36-99-51)104-40(4)83)60(88)57(100-39(3)82)55(37)69(72,5)6)101-68(95)58(56(41-19-11-8-12-20-41)80-65(92)42-21-13-9-14-22-42)102-54(87)31-30-52(85)76-32-18-17-25-46(62(74)89)78-53(86)29-28-47(63(75)90)79-64(91)38(2)77-66(93)45-27-26-44(73)33-48(45)81(97)98/h8-16,19-24,26-27,33,38,46-47,49-51,56-59,61,84,96H,17-18,25,28-32,34-36H2,1-7H3,(H2,74,89)(H2,75,90)(H,76,85)(H,77,93)(H,78,86)(H,79,91)(H,80,92)/t38?,46?,47-,49-,50-,51+,56+,57+,58+,59-,61-,70+,71-,72+/m0/s1. The smallest absolute Gasteiger partial charge is 0.350 e. The molecule has 11 N–H and O–H groups in total. The van der Waals surface area contributed by atoms with Crippen LogP contribution >= 0.6 is 11.6 Å². The molecule has 4 aliphatic rings. The number of hydrogen-bond donors (Lipinski definition) is 9. The Morgan fingerprint density at radius 1 is 0.740 bits per heavy atom. The van der Waals surface area contributed by atoms with Crippen molar-refractivity contribution >= 4 is 94.3 Å². The zero-order chi connectivity index (χ0) is 76.3. The molecule has 8 rings (SSSR count). The molecule has 2 unspecified atom stereocenters.